The second kappa shape index (κ2) is 10.4. The molecule has 138 valence electrons. The molecule has 1 aromatic carbocycles. The number of nitriles is 1. The van der Waals surface area contributed by atoms with Crippen LogP contribution in [-0.4, -0.2) is 18.4 Å². The number of amides is 1. The smallest absolute Gasteiger partial charge is 0.314 e. The van der Waals surface area contributed by atoms with Crippen molar-refractivity contribution in [2.24, 2.45) is 5.92 Å². The predicted octanol–water partition coefficient (Wildman–Crippen LogP) is 4.00. The van der Waals surface area contributed by atoms with Gasteiger partial charge in [-0.2, -0.15) is 5.26 Å². The number of hydrogen-bond donors (Lipinski definition) is 1. The molecule has 0 aromatic heterocycles. The summed E-state index contributed by atoms with van der Waals surface area (Å²) in [5.41, 5.74) is 0.776. The van der Waals surface area contributed by atoms with Crippen molar-refractivity contribution in [3.8, 4) is 11.8 Å². The maximum atomic E-state index is 12.2. The number of benzene rings is 1. The highest BCUT2D eigenvalue weighted by atomic mass is 16.5. The quantitative estimate of drug-likeness (QED) is 0.264. The van der Waals surface area contributed by atoms with Gasteiger partial charge in [0.2, 0.25) is 0 Å². The molecule has 0 heterocycles. The largest absolute Gasteiger partial charge is 0.426 e. The first kappa shape index (κ1) is 19.7. The number of unbranched alkanes of at least 4 members (excludes halogenated alkanes) is 1. The Morgan fingerprint density at radius 2 is 1.92 bits per heavy atom. The zero-order valence-corrected chi connectivity index (χ0v) is 15.3. The fourth-order valence-electron chi connectivity index (χ4n) is 2.96. The summed E-state index contributed by atoms with van der Waals surface area (Å²) in [5.74, 6) is -0.0429. The van der Waals surface area contributed by atoms with E-state index in [1.807, 2.05) is 13.0 Å². The summed E-state index contributed by atoms with van der Waals surface area (Å²) in [4.78, 5) is 24.1. The van der Waals surface area contributed by atoms with E-state index in [0.717, 1.165) is 38.5 Å². The first-order valence-corrected chi connectivity index (χ1v) is 9.35. The van der Waals surface area contributed by atoms with Crippen LogP contribution in [0.2, 0.25) is 0 Å². The first-order chi connectivity index (χ1) is 12.6. The third kappa shape index (κ3) is 6.03. The fourth-order valence-corrected chi connectivity index (χ4v) is 2.96. The van der Waals surface area contributed by atoms with Gasteiger partial charge in [0.05, 0.1) is 5.92 Å². The van der Waals surface area contributed by atoms with E-state index >= 15 is 0 Å². The summed E-state index contributed by atoms with van der Waals surface area (Å²) < 4.78 is 5.45. The highest BCUT2D eigenvalue weighted by Crippen LogP contribution is 2.25. The standard InChI is InChI=1S/C21H26N2O3/c1-2-3-13-23-20(24)18(15-22)14-16-9-11-19(12-10-16)26-21(25)17-7-5-4-6-8-17/h9-12,14,17H,2-8,13H2,1H3,(H,23,24)/b18-14+. The van der Waals surface area contributed by atoms with Crippen LogP contribution in [0.5, 0.6) is 5.75 Å². The van der Waals surface area contributed by atoms with E-state index in [2.05, 4.69) is 5.32 Å². The molecule has 1 N–H and O–H groups in total. The lowest BCUT2D eigenvalue weighted by atomic mass is 9.89. The van der Waals surface area contributed by atoms with E-state index in [4.69, 9.17) is 4.74 Å². The summed E-state index contributed by atoms with van der Waals surface area (Å²) in [6.07, 6.45) is 8.56. The van der Waals surface area contributed by atoms with E-state index in [1.165, 1.54) is 12.5 Å². The van der Waals surface area contributed by atoms with Gasteiger partial charge in [-0.3, -0.25) is 9.59 Å². The lowest BCUT2D eigenvalue weighted by Gasteiger charge is -2.19. The molecule has 0 saturated heterocycles. The van der Waals surface area contributed by atoms with Crippen molar-refractivity contribution >= 4 is 18.0 Å². The van der Waals surface area contributed by atoms with Crippen LogP contribution < -0.4 is 10.1 Å². The molecule has 2 rings (SSSR count). The molecule has 0 atom stereocenters. The lowest BCUT2D eigenvalue weighted by molar-refractivity contribution is -0.140. The Bertz CT molecular complexity index is 680. The van der Waals surface area contributed by atoms with Crippen molar-refractivity contribution in [1.29, 1.82) is 5.26 Å². The van der Waals surface area contributed by atoms with Crippen molar-refractivity contribution in [2.45, 2.75) is 51.9 Å². The first-order valence-electron chi connectivity index (χ1n) is 9.35. The van der Waals surface area contributed by atoms with Gasteiger partial charge in [-0.05, 0) is 43.0 Å². The highest BCUT2D eigenvalue weighted by Gasteiger charge is 2.22. The third-order valence-electron chi connectivity index (χ3n) is 4.53. The normalized spacial score (nSPS) is 15.2. The van der Waals surface area contributed by atoms with E-state index in [1.54, 1.807) is 24.3 Å². The van der Waals surface area contributed by atoms with Crippen molar-refractivity contribution in [3.63, 3.8) is 0 Å². The molecular formula is C21H26N2O3. The van der Waals surface area contributed by atoms with Gasteiger partial charge < -0.3 is 10.1 Å². The molecule has 1 aromatic rings. The summed E-state index contributed by atoms with van der Waals surface area (Å²) in [6.45, 7) is 2.60. The number of rotatable bonds is 7. The lowest BCUT2D eigenvalue weighted by Crippen LogP contribution is -2.25. The van der Waals surface area contributed by atoms with Gasteiger partial charge in [0.25, 0.3) is 5.91 Å². The number of nitrogens with one attached hydrogen (secondary N) is 1. The van der Waals surface area contributed by atoms with Gasteiger partial charge in [0, 0.05) is 6.54 Å². The molecule has 0 bridgehead atoms. The van der Waals surface area contributed by atoms with Crippen LogP contribution in [0.3, 0.4) is 0 Å². The molecule has 1 amide bonds. The Hall–Kier alpha value is -2.61. The second-order valence-electron chi connectivity index (χ2n) is 6.60. The van der Waals surface area contributed by atoms with Crippen LogP contribution in [-0.2, 0) is 9.59 Å². The average Bonchev–Trinajstić information content (AvgIpc) is 2.68. The van der Waals surface area contributed by atoms with Crippen LogP contribution in [0.1, 0.15) is 57.4 Å². The molecule has 1 aliphatic carbocycles. The maximum Gasteiger partial charge on any atom is 0.314 e. The molecule has 0 radical (unpaired) electrons. The molecule has 1 fully saturated rings. The van der Waals surface area contributed by atoms with Crippen LogP contribution in [0.15, 0.2) is 29.8 Å². The number of hydrogen-bond acceptors (Lipinski definition) is 4. The number of nitrogens with zero attached hydrogens (tertiary/aromatic N) is 1. The van der Waals surface area contributed by atoms with E-state index in [0.29, 0.717) is 17.9 Å². The number of carbonyl (C=O) groups is 2. The highest BCUT2D eigenvalue weighted by molar-refractivity contribution is 6.01. The molecule has 5 nitrogen and oxygen atoms in total. The predicted molar refractivity (Wildman–Crippen MR) is 100 cm³/mol. The zero-order valence-electron chi connectivity index (χ0n) is 15.3. The minimum atomic E-state index is -0.367. The Morgan fingerprint density at radius 3 is 2.54 bits per heavy atom. The van der Waals surface area contributed by atoms with Crippen LogP contribution >= 0.6 is 0 Å². The molecule has 5 heteroatoms. The van der Waals surface area contributed by atoms with Gasteiger partial charge in [-0.25, -0.2) is 0 Å². The van der Waals surface area contributed by atoms with Gasteiger partial charge in [0.15, 0.2) is 0 Å². The molecular weight excluding hydrogens is 328 g/mol. The molecule has 0 spiro atoms. The molecule has 0 aliphatic heterocycles. The molecule has 1 aliphatic rings. The Morgan fingerprint density at radius 1 is 1.23 bits per heavy atom. The van der Waals surface area contributed by atoms with Crippen LogP contribution in [0.4, 0.5) is 0 Å². The minimum absolute atomic E-state index is 0.000306. The van der Waals surface area contributed by atoms with Crippen LogP contribution in [0.25, 0.3) is 6.08 Å². The van der Waals surface area contributed by atoms with Gasteiger partial charge in [-0.1, -0.05) is 44.7 Å². The van der Waals surface area contributed by atoms with Crippen molar-refractivity contribution in [1.82, 2.24) is 5.32 Å². The average molecular weight is 354 g/mol. The van der Waals surface area contributed by atoms with Gasteiger partial charge >= 0.3 is 5.97 Å². The summed E-state index contributed by atoms with van der Waals surface area (Å²) >= 11 is 0. The Balaban J connectivity index is 1.95. The zero-order chi connectivity index (χ0) is 18.8. The number of carbonyl (C=O) groups excluding carboxylic acids is 2. The summed E-state index contributed by atoms with van der Waals surface area (Å²) in [5, 5.41) is 11.9. The summed E-state index contributed by atoms with van der Waals surface area (Å²) in [6, 6.07) is 8.79. The maximum absolute atomic E-state index is 12.2. The van der Waals surface area contributed by atoms with E-state index in [9.17, 15) is 14.9 Å². The molecule has 26 heavy (non-hydrogen) atoms. The van der Waals surface area contributed by atoms with Gasteiger partial charge in [0.1, 0.15) is 17.4 Å². The molecule has 1 saturated carbocycles. The number of esters is 1. The SMILES string of the molecule is CCCCNC(=O)/C(C#N)=C/c1ccc(OC(=O)C2CCCCC2)cc1. The summed E-state index contributed by atoms with van der Waals surface area (Å²) in [7, 11) is 0. The monoisotopic (exact) mass is 354 g/mol. The minimum Gasteiger partial charge on any atom is -0.426 e. The Kier molecular flexibility index (Phi) is 7.88. The topological polar surface area (TPSA) is 79.2 Å². The van der Waals surface area contributed by atoms with Gasteiger partial charge in [-0.15, -0.1) is 0 Å². The van der Waals surface area contributed by atoms with Crippen molar-refractivity contribution < 1.29 is 14.3 Å². The third-order valence-corrected chi connectivity index (χ3v) is 4.53. The number of ether oxygens (including phenoxy) is 1. The van der Waals surface area contributed by atoms with Crippen molar-refractivity contribution in [2.75, 3.05) is 6.54 Å². The fraction of sp³-hybridized carbons (Fsp3) is 0.476. The Labute approximate surface area is 155 Å². The van der Waals surface area contributed by atoms with E-state index < -0.39 is 0 Å². The van der Waals surface area contributed by atoms with Crippen molar-refractivity contribution in [3.05, 3.63) is 35.4 Å². The van der Waals surface area contributed by atoms with E-state index in [-0.39, 0.29) is 23.4 Å². The molecule has 0 unspecified atom stereocenters. The second-order valence-corrected chi connectivity index (χ2v) is 6.60. The van der Waals surface area contributed by atoms with Crippen LogP contribution in [0, 0.1) is 17.2 Å².